The van der Waals surface area contributed by atoms with E-state index < -0.39 is 5.97 Å². The average Bonchev–Trinajstić information content (AvgIpc) is 3.11. The molecule has 1 aliphatic rings. The van der Waals surface area contributed by atoms with Crippen molar-refractivity contribution in [3.05, 3.63) is 35.9 Å². The molecule has 0 saturated carbocycles. The highest BCUT2D eigenvalue weighted by molar-refractivity contribution is 5.78. The maximum absolute atomic E-state index is 12.2. The number of unbranched alkanes of at least 4 members (excludes halogenated alkanes) is 4. The monoisotopic (exact) mass is 431 g/mol. The van der Waals surface area contributed by atoms with Crippen LogP contribution >= 0.6 is 0 Å². The quantitative estimate of drug-likeness (QED) is 0.353. The maximum Gasteiger partial charge on any atom is 0.303 e. The highest BCUT2D eigenvalue weighted by Crippen LogP contribution is 2.26. The van der Waals surface area contributed by atoms with Crippen LogP contribution in [0.2, 0.25) is 0 Å². The third kappa shape index (κ3) is 9.86. The van der Waals surface area contributed by atoms with Crippen LogP contribution in [-0.4, -0.2) is 45.7 Å². The first-order valence-corrected chi connectivity index (χ1v) is 12.2. The fourth-order valence-corrected chi connectivity index (χ4v) is 4.59. The van der Waals surface area contributed by atoms with Crippen molar-refractivity contribution in [2.75, 3.05) is 6.54 Å². The Kier molecular flexibility index (Phi) is 11.7. The SMILES string of the molecule is C[C@H](CCCCc1ccccc1)[C@H](O)CCC1CCC(=O)N1CCCCCCC(=O)O. The number of carboxylic acid groups (broad SMARTS) is 1. The summed E-state index contributed by atoms with van der Waals surface area (Å²) in [6, 6.07) is 10.8. The molecule has 1 aliphatic heterocycles. The number of likely N-dealkylation sites (tertiary alicyclic amines) is 1. The van der Waals surface area contributed by atoms with Crippen molar-refractivity contribution >= 4 is 11.9 Å². The molecule has 1 unspecified atom stereocenters. The number of hydrogen-bond acceptors (Lipinski definition) is 3. The minimum absolute atomic E-state index is 0.230. The van der Waals surface area contributed by atoms with Crippen LogP contribution in [-0.2, 0) is 16.0 Å². The summed E-state index contributed by atoms with van der Waals surface area (Å²) in [4.78, 5) is 24.8. The molecule has 1 heterocycles. The molecule has 3 atom stereocenters. The summed E-state index contributed by atoms with van der Waals surface area (Å²) in [6.45, 7) is 2.91. The number of aryl methyl sites for hydroxylation is 1. The molecular formula is C26H41NO4. The number of aliphatic carboxylic acids is 1. The van der Waals surface area contributed by atoms with Crippen LogP contribution < -0.4 is 0 Å². The third-order valence-corrected chi connectivity index (χ3v) is 6.66. The summed E-state index contributed by atoms with van der Waals surface area (Å²) in [5.74, 6) is -0.215. The molecule has 1 amide bonds. The Morgan fingerprint density at radius 3 is 2.55 bits per heavy atom. The first-order chi connectivity index (χ1) is 15.0. The molecule has 2 N–H and O–H groups in total. The summed E-state index contributed by atoms with van der Waals surface area (Å²) in [6.07, 6.45) is 11.0. The van der Waals surface area contributed by atoms with Gasteiger partial charge in [0.15, 0.2) is 0 Å². The van der Waals surface area contributed by atoms with Gasteiger partial charge >= 0.3 is 5.97 Å². The predicted octanol–water partition coefficient (Wildman–Crippen LogP) is 5.20. The van der Waals surface area contributed by atoms with Gasteiger partial charge in [-0.05, 0) is 62.8 Å². The number of carbonyl (C=O) groups excluding carboxylic acids is 1. The van der Waals surface area contributed by atoms with Gasteiger partial charge in [-0.2, -0.15) is 0 Å². The highest BCUT2D eigenvalue weighted by atomic mass is 16.4. The van der Waals surface area contributed by atoms with E-state index in [2.05, 4.69) is 31.2 Å². The number of aliphatic hydroxyl groups excluding tert-OH is 1. The van der Waals surface area contributed by atoms with Crippen molar-refractivity contribution in [1.29, 1.82) is 0 Å². The summed E-state index contributed by atoms with van der Waals surface area (Å²) in [5, 5.41) is 19.3. The Balaban J connectivity index is 1.60. The van der Waals surface area contributed by atoms with Gasteiger partial charge in [0, 0.05) is 25.4 Å². The summed E-state index contributed by atoms with van der Waals surface area (Å²) in [7, 11) is 0. The van der Waals surface area contributed by atoms with Gasteiger partial charge in [-0.25, -0.2) is 0 Å². The van der Waals surface area contributed by atoms with Gasteiger partial charge in [0.2, 0.25) is 5.91 Å². The van der Waals surface area contributed by atoms with Crippen LogP contribution in [0.3, 0.4) is 0 Å². The average molecular weight is 432 g/mol. The molecule has 1 saturated heterocycles. The smallest absolute Gasteiger partial charge is 0.303 e. The Labute approximate surface area is 187 Å². The fourth-order valence-electron chi connectivity index (χ4n) is 4.59. The summed E-state index contributed by atoms with van der Waals surface area (Å²) in [5.41, 5.74) is 1.38. The number of rotatable bonds is 16. The molecule has 5 nitrogen and oxygen atoms in total. The van der Waals surface area contributed by atoms with E-state index in [1.54, 1.807) is 0 Å². The Hall–Kier alpha value is -1.88. The molecule has 0 radical (unpaired) electrons. The standard InChI is InChI=1S/C26H41NO4/c1-21(11-8-9-14-22-12-5-4-6-13-22)24(28)18-16-23-17-19-25(29)27(23)20-10-3-2-7-15-26(30)31/h4-6,12-13,21,23-24,28H,2-3,7-11,14-20H2,1H3,(H,30,31)/t21-,23?,24-/m1/s1. The Morgan fingerprint density at radius 2 is 1.81 bits per heavy atom. The molecule has 1 aromatic rings. The van der Waals surface area contributed by atoms with E-state index in [0.717, 1.165) is 70.8 Å². The van der Waals surface area contributed by atoms with E-state index in [1.807, 2.05) is 11.0 Å². The van der Waals surface area contributed by atoms with Crippen LogP contribution in [0, 0.1) is 5.92 Å². The van der Waals surface area contributed by atoms with Crippen LogP contribution in [0.1, 0.15) is 89.5 Å². The number of carboxylic acids is 1. The molecule has 0 aromatic heterocycles. The fraction of sp³-hybridized carbons (Fsp3) is 0.692. The van der Waals surface area contributed by atoms with Crippen LogP contribution in [0.15, 0.2) is 30.3 Å². The van der Waals surface area contributed by atoms with Crippen molar-refractivity contribution in [2.24, 2.45) is 5.92 Å². The number of carbonyl (C=O) groups is 2. The number of benzene rings is 1. The molecule has 1 aromatic carbocycles. The Bertz CT molecular complexity index is 648. The van der Waals surface area contributed by atoms with Crippen molar-refractivity contribution < 1.29 is 19.8 Å². The number of nitrogens with zero attached hydrogens (tertiary/aromatic N) is 1. The van der Waals surface area contributed by atoms with Gasteiger partial charge in [0.1, 0.15) is 0 Å². The second-order valence-corrected chi connectivity index (χ2v) is 9.19. The lowest BCUT2D eigenvalue weighted by Crippen LogP contribution is -2.35. The van der Waals surface area contributed by atoms with Crippen LogP contribution in [0.4, 0.5) is 0 Å². The zero-order valence-corrected chi connectivity index (χ0v) is 19.2. The number of amides is 1. The summed E-state index contributed by atoms with van der Waals surface area (Å²) < 4.78 is 0. The lowest BCUT2D eigenvalue weighted by atomic mass is 9.92. The van der Waals surface area contributed by atoms with Crippen molar-refractivity contribution in [3.63, 3.8) is 0 Å². The number of aliphatic hydroxyl groups is 1. The van der Waals surface area contributed by atoms with E-state index in [-0.39, 0.29) is 30.4 Å². The molecule has 31 heavy (non-hydrogen) atoms. The zero-order valence-electron chi connectivity index (χ0n) is 19.2. The van der Waals surface area contributed by atoms with Crippen LogP contribution in [0.5, 0.6) is 0 Å². The van der Waals surface area contributed by atoms with Gasteiger partial charge in [-0.15, -0.1) is 0 Å². The molecule has 5 heteroatoms. The lowest BCUT2D eigenvalue weighted by Gasteiger charge is -2.27. The second kappa shape index (κ2) is 14.2. The van der Waals surface area contributed by atoms with E-state index in [9.17, 15) is 14.7 Å². The van der Waals surface area contributed by atoms with Gasteiger partial charge in [-0.3, -0.25) is 9.59 Å². The molecule has 0 spiro atoms. The first-order valence-electron chi connectivity index (χ1n) is 12.2. The van der Waals surface area contributed by atoms with E-state index in [0.29, 0.717) is 12.8 Å². The highest BCUT2D eigenvalue weighted by Gasteiger charge is 2.30. The van der Waals surface area contributed by atoms with Gasteiger partial charge < -0.3 is 15.1 Å². The summed E-state index contributed by atoms with van der Waals surface area (Å²) >= 11 is 0. The van der Waals surface area contributed by atoms with Crippen LogP contribution in [0.25, 0.3) is 0 Å². The Morgan fingerprint density at radius 1 is 1.06 bits per heavy atom. The van der Waals surface area contributed by atoms with E-state index in [4.69, 9.17) is 5.11 Å². The van der Waals surface area contributed by atoms with E-state index >= 15 is 0 Å². The number of hydrogen-bond donors (Lipinski definition) is 2. The minimum Gasteiger partial charge on any atom is -0.481 e. The van der Waals surface area contributed by atoms with E-state index in [1.165, 1.54) is 5.56 Å². The molecule has 1 fully saturated rings. The molecule has 174 valence electrons. The topological polar surface area (TPSA) is 77.8 Å². The molecule has 0 aliphatic carbocycles. The normalized spacial score (nSPS) is 18.3. The largest absolute Gasteiger partial charge is 0.481 e. The van der Waals surface area contributed by atoms with Crippen molar-refractivity contribution in [3.8, 4) is 0 Å². The third-order valence-electron chi connectivity index (χ3n) is 6.66. The van der Waals surface area contributed by atoms with Crippen molar-refractivity contribution in [1.82, 2.24) is 4.90 Å². The molecular weight excluding hydrogens is 390 g/mol. The first kappa shape index (κ1) is 25.4. The van der Waals surface area contributed by atoms with Gasteiger partial charge in [-0.1, -0.05) is 56.5 Å². The molecule has 2 rings (SSSR count). The van der Waals surface area contributed by atoms with Crippen molar-refractivity contribution in [2.45, 2.75) is 103 Å². The van der Waals surface area contributed by atoms with Gasteiger partial charge in [0.05, 0.1) is 6.10 Å². The molecule has 0 bridgehead atoms. The lowest BCUT2D eigenvalue weighted by molar-refractivity contribution is -0.137. The van der Waals surface area contributed by atoms with Gasteiger partial charge in [0.25, 0.3) is 0 Å². The minimum atomic E-state index is -0.737. The zero-order chi connectivity index (χ0) is 22.5. The predicted molar refractivity (Wildman–Crippen MR) is 124 cm³/mol. The second-order valence-electron chi connectivity index (χ2n) is 9.19. The maximum atomic E-state index is 12.2.